The van der Waals surface area contributed by atoms with E-state index < -0.39 is 5.97 Å². The van der Waals surface area contributed by atoms with E-state index in [1.807, 2.05) is 0 Å². The van der Waals surface area contributed by atoms with Crippen LogP contribution in [0.2, 0.25) is 10.0 Å². The highest BCUT2D eigenvalue weighted by molar-refractivity contribution is 8.00. The molecule has 0 bridgehead atoms. The Bertz CT molecular complexity index is 688. The van der Waals surface area contributed by atoms with Gasteiger partial charge in [-0.05, 0) is 18.2 Å². The summed E-state index contributed by atoms with van der Waals surface area (Å²) < 4.78 is 0. The topological polar surface area (TPSA) is 66.4 Å². The maximum atomic E-state index is 11.8. The summed E-state index contributed by atoms with van der Waals surface area (Å²) in [5, 5.41) is 13.8. The largest absolute Gasteiger partial charge is 0.477 e. The van der Waals surface area contributed by atoms with Gasteiger partial charge in [-0.25, -0.2) is 4.79 Å². The van der Waals surface area contributed by atoms with E-state index in [4.69, 9.17) is 28.3 Å². The molecule has 1 aromatic heterocycles. The molecular formula is C13H9Cl2NO3S2. The Kier molecular flexibility index (Phi) is 5.52. The number of hydrogen-bond acceptors (Lipinski definition) is 4. The van der Waals surface area contributed by atoms with Gasteiger partial charge in [0.1, 0.15) is 4.88 Å². The van der Waals surface area contributed by atoms with Crippen molar-refractivity contribution in [3.05, 3.63) is 44.6 Å². The molecule has 0 unspecified atom stereocenters. The van der Waals surface area contributed by atoms with E-state index in [-0.39, 0.29) is 16.5 Å². The van der Waals surface area contributed by atoms with Crippen molar-refractivity contribution >= 4 is 63.9 Å². The van der Waals surface area contributed by atoms with Gasteiger partial charge < -0.3 is 10.4 Å². The van der Waals surface area contributed by atoms with Gasteiger partial charge in [0.15, 0.2) is 0 Å². The second kappa shape index (κ2) is 7.17. The highest BCUT2D eigenvalue weighted by Crippen LogP contribution is 2.30. The van der Waals surface area contributed by atoms with Crippen molar-refractivity contribution in [1.29, 1.82) is 0 Å². The summed E-state index contributed by atoms with van der Waals surface area (Å²) in [5.41, 5.74) is 0.450. The van der Waals surface area contributed by atoms with Crippen molar-refractivity contribution in [3.63, 3.8) is 0 Å². The van der Waals surface area contributed by atoms with E-state index in [0.29, 0.717) is 15.7 Å². The normalized spacial score (nSPS) is 10.4. The van der Waals surface area contributed by atoms with Crippen LogP contribution in [0.3, 0.4) is 0 Å². The smallest absolute Gasteiger partial charge is 0.345 e. The fraction of sp³-hybridized carbons (Fsp3) is 0.0769. The van der Waals surface area contributed by atoms with Gasteiger partial charge in [-0.15, -0.1) is 23.1 Å². The zero-order valence-corrected chi connectivity index (χ0v) is 13.6. The number of benzene rings is 1. The van der Waals surface area contributed by atoms with Crippen LogP contribution >= 0.6 is 46.3 Å². The summed E-state index contributed by atoms with van der Waals surface area (Å²) in [7, 11) is 0. The molecule has 0 saturated heterocycles. The fourth-order valence-corrected chi connectivity index (χ4v) is 3.46. The molecule has 110 valence electrons. The molecule has 0 aliphatic heterocycles. The van der Waals surface area contributed by atoms with Crippen molar-refractivity contribution < 1.29 is 14.7 Å². The van der Waals surface area contributed by atoms with E-state index in [0.717, 1.165) is 16.2 Å². The monoisotopic (exact) mass is 361 g/mol. The van der Waals surface area contributed by atoms with Crippen molar-refractivity contribution in [2.75, 3.05) is 11.1 Å². The zero-order valence-electron chi connectivity index (χ0n) is 10.4. The first-order valence-electron chi connectivity index (χ1n) is 5.66. The van der Waals surface area contributed by atoms with Gasteiger partial charge in [0.25, 0.3) is 0 Å². The Labute approximate surface area is 139 Å². The molecule has 2 aromatic rings. The number of halogens is 2. The number of amides is 1. The quantitative estimate of drug-likeness (QED) is 0.770. The second-order valence-corrected chi connectivity index (χ2v) is 6.64. The number of carboxylic acids is 1. The Morgan fingerprint density at radius 3 is 2.76 bits per heavy atom. The summed E-state index contributed by atoms with van der Waals surface area (Å²) in [4.78, 5) is 23.6. The molecule has 2 rings (SSSR count). The van der Waals surface area contributed by atoms with Gasteiger partial charge in [-0.3, -0.25) is 4.79 Å². The Morgan fingerprint density at radius 2 is 2.10 bits per heavy atom. The van der Waals surface area contributed by atoms with Gasteiger partial charge in [-0.2, -0.15) is 0 Å². The third-order valence-electron chi connectivity index (χ3n) is 2.38. The summed E-state index contributed by atoms with van der Waals surface area (Å²) >= 11 is 14.2. The number of thioether (sulfide) groups is 1. The van der Waals surface area contributed by atoms with Crippen molar-refractivity contribution in [3.8, 4) is 0 Å². The molecule has 0 fully saturated rings. The fourth-order valence-electron chi connectivity index (χ4n) is 1.44. The zero-order chi connectivity index (χ0) is 15.4. The molecule has 4 nitrogen and oxygen atoms in total. The molecule has 1 heterocycles. The number of hydrogen-bond donors (Lipinski definition) is 2. The van der Waals surface area contributed by atoms with E-state index in [9.17, 15) is 9.59 Å². The highest BCUT2D eigenvalue weighted by atomic mass is 35.5. The lowest BCUT2D eigenvalue weighted by Gasteiger charge is -2.07. The van der Waals surface area contributed by atoms with Crippen LogP contribution in [0, 0.1) is 0 Å². The third-order valence-corrected chi connectivity index (χ3v) is 5.24. The summed E-state index contributed by atoms with van der Waals surface area (Å²) in [6, 6.07) is 6.52. The van der Waals surface area contributed by atoms with Crippen molar-refractivity contribution in [2.45, 2.75) is 4.90 Å². The molecule has 0 aliphatic carbocycles. The average Bonchev–Trinajstić information content (AvgIpc) is 2.91. The number of carbonyl (C=O) groups excluding carboxylic acids is 1. The lowest BCUT2D eigenvalue weighted by molar-refractivity contribution is -0.113. The predicted molar refractivity (Wildman–Crippen MR) is 87.1 cm³/mol. The first kappa shape index (κ1) is 16.2. The van der Waals surface area contributed by atoms with Crippen LogP contribution in [0.1, 0.15) is 9.67 Å². The van der Waals surface area contributed by atoms with Gasteiger partial charge in [0.05, 0.1) is 21.5 Å². The van der Waals surface area contributed by atoms with Gasteiger partial charge >= 0.3 is 5.97 Å². The summed E-state index contributed by atoms with van der Waals surface area (Å²) in [5.74, 6) is -1.06. The van der Waals surface area contributed by atoms with Gasteiger partial charge in [-0.1, -0.05) is 29.3 Å². The summed E-state index contributed by atoms with van der Waals surface area (Å²) in [6.07, 6.45) is 0. The third kappa shape index (κ3) is 4.38. The minimum absolute atomic E-state index is 0.151. The molecular weight excluding hydrogens is 353 g/mol. The van der Waals surface area contributed by atoms with Crippen LogP contribution in [0.4, 0.5) is 5.69 Å². The maximum absolute atomic E-state index is 11.8. The number of nitrogens with one attached hydrogen (secondary N) is 1. The molecule has 21 heavy (non-hydrogen) atoms. The first-order chi connectivity index (χ1) is 9.97. The van der Waals surface area contributed by atoms with Crippen molar-refractivity contribution in [1.82, 2.24) is 0 Å². The van der Waals surface area contributed by atoms with Crippen LogP contribution < -0.4 is 5.32 Å². The molecule has 2 N–H and O–H groups in total. The predicted octanol–water partition coefficient (Wildman–Crippen LogP) is 4.48. The number of rotatable bonds is 5. The lowest BCUT2D eigenvalue weighted by atomic mass is 10.3. The second-order valence-electron chi connectivity index (χ2n) is 3.89. The van der Waals surface area contributed by atoms with Crippen LogP contribution in [-0.4, -0.2) is 22.7 Å². The van der Waals surface area contributed by atoms with E-state index in [1.165, 1.54) is 17.8 Å². The van der Waals surface area contributed by atoms with E-state index in [2.05, 4.69) is 5.32 Å². The Hall–Kier alpha value is -1.21. The number of carbonyl (C=O) groups is 2. The van der Waals surface area contributed by atoms with Crippen molar-refractivity contribution in [2.24, 2.45) is 0 Å². The standard InChI is InChI=1S/C13H9Cl2NO3S2/c14-8-2-1-3-9(12(8)15)16-11(17)6-20-7-4-10(13(18)19)21-5-7/h1-5H,6H2,(H,16,17)(H,18,19). The molecule has 0 aliphatic rings. The van der Waals surface area contributed by atoms with Gasteiger partial charge in [0, 0.05) is 10.3 Å². The van der Waals surface area contributed by atoms with Crippen LogP contribution in [0.5, 0.6) is 0 Å². The number of anilines is 1. The molecule has 0 saturated carbocycles. The molecule has 1 amide bonds. The van der Waals surface area contributed by atoms with E-state index >= 15 is 0 Å². The average molecular weight is 362 g/mol. The molecule has 0 radical (unpaired) electrons. The number of carboxylic acid groups (broad SMARTS) is 1. The minimum Gasteiger partial charge on any atom is -0.477 e. The van der Waals surface area contributed by atoms with E-state index in [1.54, 1.807) is 23.6 Å². The number of aromatic carboxylic acids is 1. The molecule has 0 atom stereocenters. The lowest BCUT2D eigenvalue weighted by Crippen LogP contribution is -2.14. The SMILES string of the molecule is O=C(CSc1csc(C(=O)O)c1)Nc1cccc(Cl)c1Cl. The minimum atomic E-state index is -0.970. The highest BCUT2D eigenvalue weighted by Gasteiger charge is 2.11. The van der Waals surface area contributed by atoms with Crippen LogP contribution in [0.15, 0.2) is 34.5 Å². The number of thiophene rings is 1. The molecule has 0 spiro atoms. The van der Waals surface area contributed by atoms with Gasteiger partial charge in [0.2, 0.25) is 5.91 Å². The maximum Gasteiger partial charge on any atom is 0.345 e. The Balaban J connectivity index is 1.92. The first-order valence-corrected chi connectivity index (χ1v) is 8.28. The summed E-state index contributed by atoms with van der Waals surface area (Å²) in [6.45, 7) is 0. The van der Waals surface area contributed by atoms with Crippen LogP contribution in [0.25, 0.3) is 0 Å². The molecule has 8 heteroatoms. The molecule has 1 aromatic carbocycles. The van der Waals surface area contributed by atoms with Crippen LogP contribution in [-0.2, 0) is 4.79 Å². The Morgan fingerprint density at radius 1 is 1.33 bits per heavy atom.